The number of carbonyl (C=O) groups is 1. The van der Waals surface area contributed by atoms with E-state index in [2.05, 4.69) is 5.32 Å². The Labute approximate surface area is 172 Å². The van der Waals surface area contributed by atoms with E-state index >= 15 is 0 Å². The van der Waals surface area contributed by atoms with Gasteiger partial charge in [0.25, 0.3) is 5.91 Å². The van der Waals surface area contributed by atoms with E-state index in [-0.39, 0.29) is 24.4 Å². The smallest absolute Gasteiger partial charge is 0.254 e. The van der Waals surface area contributed by atoms with Gasteiger partial charge in [-0.15, -0.1) is 12.4 Å². The number of amides is 1. The highest BCUT2D eigenvalue weighted by molar-refractivity contribution is 5.97. The van der Waals surface area contributed by atoms with Crippen LogP contribution in [0.1, 0.15) is 27.5 Å². The molecule has 6 nitrogen and oxygen atoms in total. The predicted molar refractivity (Wildman–Crippen MR) is 111 cm³/mol. The van der Waals surface area contributed by atoms with Crippen LogP contribution in [0.2, 0.25) is 0 Å². The van der Waals surface area contributed by atoms with Gasteiger partial charge in [0.2, 0.25) is 0 Å². The molecule has 1 unspecified atom stereocenters. The zero-order valence-electron chi connectivity index (χ0n) is 16.7. The van der Waals surface area contributed by atoms with E-state index in [1.165, 1.54) is 0 Å². The van der Waals surface area contributed by atoms with E-state index in [1.54, 1.807) is 27.4 Å². The normalized spacial score (nSPS) is 16.1. The van der Waals surface area contributed by atoms with Gasteiger partial charge in [0, 0.05) is 30.8 Å². The monoisotopic (exact) mass is 406 g/mol. The molecule has 2 aromatic carbocycles. The van der Waals surface area contributed by atoms with Crippen LogP contribution in [0.25, 0.3) is 0 Å². The molecule has 0 saturated carbocycles. The van der Waals surface area contributed by atoms with Gasteiger partial charge in [-0.1, -0.05) is 18.2 Å². The molecule has 1 aliphatic rings. The number of methoxy groups -OCH3 is 3. The summed E-state index contributed by atoms with van der Waals surface area (Å²) in [6, 6.07) is 11.3. The number of hydrogen-bond acceptors (Lipinski definition) is 5. The average molecular weight is 407 g/mol. The lowest BCUT2D eigenvalue weighted by molar-refractivity contribution is 0.0630. The molecule has 152 valence electrons. The third kappa shape index (κ3) is 4.18. The third-order valence-electron chi connectivity index (χ3n) is 4.96. The predicted octanol–water partition coefficient (Wildman–Crippen LogP) is 3.23. The molecule has 7 heteroatoms. The van der Waals surface area contributed by atoms with Crippen LogP contribution in [0.15, 0.2) is 36.4 Å². The number of aryl methyl sites for hydroxylation is 1. The Morgan fingerprint density at radius 3 is 2.36 bits per heavy atom. The summed E-state index contributed by atoms with van der Waals surface area (Å²) in [7, 11) is 4.82. The Morgan fingerprint density at radius 1 is 1.04 bits per heavy atom. The maximum atomic E-state index is 13.4. The first kappa shape index (κ1) is 21.9. The number of benzene rings is 2. The Balaban J connectivity index is 0.00000280. The molecule has 1 saturated heterocycles. The van der Waals surface area contributed by atoms with E-state index in [4.69, 9.17) is 14.2 Å². The summed E-state index contributed by atoms with van der Waals surface area (Å²) < 4.78 is 16.3. The van der Waals surface area contributed by atoms with Crippen molar-refractivity contribution in [3.8, 4) is 17.2 Å². The molecule has 1 atom stereocenters. The molecule has 0 aliphatic carbocycles. The molecule has 1 amide bonds. The Hall–Kier alpha value is -2.44. The molecule has 0 radical (unpaired) electrons. The van der Waals surface area contributed by atoms with Crippen LogP contribution in [-0.2, 0) is 0 Å². The van der Waals surface area contributed by atoms with Crippen molar-refractivity contribution in [3.63, 3.8) is 0 Å². The highest BCUT2D eigenvalue weighted by atomic mass is 35.5. The molecule has 1 heterocycles. The van der Waals surface area contributed by atoms with Gasteiger partial charge in [-0.2, -0.15) is 0 Å². The average Bonchev–Trinajstić information content (AvgIpc) is 2.72. The summed E-state index contributed by atoms with van der Waals surface area (Å²) in [4.78, 5) is 15.3. The van der Waals surface area contributed by atoms with Crippen LogP contribution in [0.5, 0.6) is 17.2 Å². The number of para-hydroxylation sites is 1. The standard InChI is InChI=1S/C21H26N2O4.ClH/c1-14-11-19(26-3)20(27-4)12-16(14)21(24)23-10-9-22-13-17(23)15-7-5-6-8-18(15)25-2;/h5-8,11-12,17,22H,9-10,13H2,1-4H3;1H. The molecule has 1 N–H and O–H groups in total. The van der Waals surface area contributed by atoms with Crippen LogP contribution in [-0.4, -0.2) is 51.8 Å². The second kappa shape index (κ2) is 9.66. The van der Waals surface area contributed by atoms with Crippen LogP contribution >= 0.6 is 12.4 Å². The number of piperazine rings is 1. The quantitative estimate of drug-likeness (QED) is 0.826. The number of halogens is 1. The summed E-state index contributed by atoms with van der Waals surface area (Å²) in [5.74, 6) is 1.93. The first-order chi connectivity index (χ1) is 13.1. The first-order valence-electron chi connectivity index (χ1n) is 8.98. The van der Waals surface area contributed by atoms with Crippen molar-refractivity contribution in [2.75, 3.05) is 41.0 Å². The van der Waals surface area contributed by atoms with Crippen molar-refractivity contribution < 1.29 is 19.0 Å². The highest BCUT2D eigenvalue weighted by Crippen LogP contribution is 2.34. The number of nitrogens with one attached hydrogen (secondary N) is 1. The largest absolute Gasteiger partial charge is 0.496 e. The van der Waals surface area contributed by atoms with E-state index in [1.807, 2.05) is 42.2 Å². The lowest BCUT2D eigenvalue weighted by atomic mass is 9.99. The van der Waals surface area contributed by atoms with Crippen molar-refractivity contribution in [3.05, 3.63) is 53.1 Å². The van der Waals surface area contributed by atoms with Crippen molar-refractivity contribution in [1.82, 2.24) is 10.2 Å². The van der Waals surface area contributed by atoms with Gasteiger partial charge >= 0.3 is 0 Å². The molecule has 2 aromatic rings. The number of carbonyl (C=O) groups excluding carboxylic acids is 1. The number of ether oxygens (including phenoxy) is 3. The summed E-state index contributed by atoms with van der Waals surface area (Å²) in [5, 5.41) is 3.38. The van der Waals surface area contributed by atoms with Crippen LogP contribution in [0.3, 0.4) is 0 Å². The summed E-state index contributed by atoms with van der Waals surface area (Å²) in [6.45, 7) is 3.97. The van der Waals surface area contributed by atoms with Gasteiger partial charge in [-0.05, 0) is 30.7 Å². The molecule has 1 fully saturated rings. The lowest BCUT2D eigenvalue weighted by Gasteiger charge is -2.37. The number of nitrogens with zero attached hydrogens (tertiary/aromatic N) is 1. The first-order valence-corrected chi connectivity index (χ1v) is 8.98. The van der Waals surface area contributed by atoms with E-state index in [0.29, 0.717) is 30.2 Å². The van der Waals surface area contributed by atoms with Gasteiger partial charge in [-0.25, -0.2) is 0 Å². The Morgan fingerprint density at radius 2 is 1.68 bits per heavy atom. The van der Waals surface area contributed by atoms with Crippen molar-refractivity contribution in [2.24, 2.45) is 0 Å². The molecule has 0 spiro atoms. The zero-order chi connectivity index (χ0) is 19.4. The second-order valence-corrected chi connectivity index (χ2v) is 6.48. The summed E-state index contributed by atoms with van der Waals surface area (Å²) >= 11 is 0. The highest BCUT2D eigenvalue weighted by Gasteiger charge is 2.31. The number of rotatable bonds is 5. The maximum Gasteiger partial charge on any atom is 0.254 e. The van der Waals surface area contributed by atoms with Crippen molar-refractivity contribution in [2.45, 2.75) is 13.0 Å². The minimum atomic E-state index is -0.102. The fourth-order valence-electron chi connectivity index (χ4n) is 3.53. The fourth-order valence-corrected chi connectivity index (χ4v) is 3.53. The van der Waals surface area contributed by atoms with E-state index in [9.17, 15) is 4.79 Å². The minimum Gasteiger partial charge on any atom is -0.496 e. The second-order valence-electron chi connectivity index (χ2n) is 6.48. The van der Waals surface area contributed by atoms with Gasteiger partial charge in [0.05, 0.1) is 27.4 Å². The topological polar surface area (TPSA) is 60.0 Å². The molecule has 0 aromatic heterocycles. The number of hydrogen-bond donors (Lipinski definition) is 1. The minimum absolute atomic E-state index is 0. The molecule has 0 bridgehead atoms. The third-order valence-corrected chi connectivity index (χ3v) is 4.96. The molecule has 3 rings (SSSR count). The van der Waals surface area contributed by atoms with Crippen LogP contribution in [0.4, 0.5) is 0 Å². The fraction of sp³-hybridized carbons (Fsp3) is 0.381. The molecule has 28 heavy (non-hydrogen) atoms. The van der Waals surface area contributed by atoms with Crippen LogP contribution in [0, 0.1) is 6.92 Å². The Bertz CT molecular complexity index is 828. The summed E-state index contributed by atoms with van der Waals surface area (Å²) in [6.07, 6.45) is 0. The van der Waals surface area contributed by atoms with Crippen molar-refractivity contribution >= 4 is 18.3 Å². The van der Waals surface area contributed by atoms with E-state index < -0.39 is 0 Å². The van der Waals surface area contributed by atoms with Gasteiger partial charge in [0.15, 0.2) is 11.5 Å². The van der Waals surface area contributed by atoms with Gasteiger partial charge in [0.1, 0.15) is 5.75 Å². The molecular weight excluding hydrogens is 380 g/mol. The molecular formula is C21H27ClN2O4. The summed E-state index contributed by atoms with van der Waals surface area (Å²) in [5.41, 5.74) is 2.48. The van der Waals surface area contributed by atoms with Crippen molar-refractivity contribution in [1.29, 1.82) is 0 Å². The zero-order valence-corrected chi connectivity index (χ0v) is 17.5. The SMILES string of the molecule is COc1cc(C)c(C(=O)N2CCNCC2c2ccccc2OC)cc1OC.Cl. The van der Waals surface area contributed by atoms with Gasteiger partial charge < -0.3 is 24.4 Å². The Kier molecular flexibility index (Phi) is 7.54. The molecule has 1 aliphatic heterocycles. The van der Waals surface area contributed by atoms with E-state index in [0.717, 1.165) is 23.4 Å². The maximum absolute atomic E-state index is 13.4. The lowest BCUT2D eigenvalue weighted by Crippen LogP contribution is -2.48. The van der Waals surface area contributed by atoms with Crippen LogP contribution < -0.4 is 19.5 Å². The van der Waals surface area contributed by atoms with Gasteiger partial charge in [-0.3, -0.25) is 4.79 Å².